The Balaban J connectivity index is 3.85. The predicted molar refractivity (Wildman–Crippen MR) is 218 cm³/mol. The molecule has 4 N–H and O–H groups in total. The Bertz CT molecular complexity index is 844. The summed E-state index contributed by atoms with van der Waals surface area (Å²) in [5.41, 5.74) is 0. The molecule has 51 heavy (non-hydrogen) atoms. The van der Waals surface area contributed by atoms with E-state index in [-0.39, 0.29) is 5.91 Å². The summed E-state index contributed by atoms with van der Waals surface area (Å²) in [7, 11) is -4.71. The van der Waals surface area contributed by atoms with Gasteiger partial charge in [0.25, 0.3) is 0 Å². The van der Waals surface area contributed by atoms with Crippen LogP contribution in [0, 0.1) is 0 Å². The van der Waals surface area contributed by atoms with Crippen molar-refractivity contribution in [2.45, 2.75) is 238 Å². The van der Waals surface area contributed by atoms with Gasteiger partial charge in [0.1, 0.15) is 0 Å². The minimum absolute atomic E-state index is 0.226. The highest BCUT2D eigenvalue weighted by atomic mass is 31.2. The van der Waals surface area contributed by atoms with Gasteiger partial charge >= 0.3 is 7.82 Å². The van der Waals surface area contributed by atoms with Crippen molar-refractivity contribution in [2.24, 2.45) is 0 Å². The second-order valence-electron chi connectivity index (χ2n) is 15.0. The fourth-order valence-corrected chi connectivity index (χ4v) is 6.93. The standard InChI is InChI=1S/C43H84NO6P/c1-3-5-7-9-11-13-15-17-18-19-20-21-22-23-24-25-26-27-29-31-33-35-37-39-43(46)44-41(40-50-51(47,48)49)42(45)38-36-34-32-30-28-16-14-12-10-8-6-4-2/h17-18,36,38,41-42,45H,3-16,19-35,37,39-40H2,1-2H3,(H,44,46)(H2,47,48,49)/b18-17-,38-36+/t41-,42+/m0/s1. The van der Waals surface area contributed by atoms with Crippen LogP contribution in [-0.4, -0.2) is 39.6 Å². The number of nitrogens with one attached hydrogen (secondary N) is 1. The van der Waals surface area contributed by atoms with E-state index in [1.165, 1.54) is 167 Å². The molecular formula is C43H84NO6P. The molecule has 0 aromatic heterocycles. The fraction of sp³-hybridized carbons (Fsp3) is 0.884. The molecule has 0 spiro atoms. The van der Waals surface area contributed by atoms with Crippen molar-refractivity contribution in [3.05, 3.63) is 24.3 Å². The van der Waals surface area contributed by atoms with E-state index in [9.17, 15) is 14.5 Å². The van der Waals surface area contributed by atoms with Gasteiger partial charge in [0.15, 0.2) is 0 Å². The molecule has 0 fully saturated rings. The van der Waals surface area contributed by atoms with E-state index >= 15 is 0 Å². The maximum atomic E-state index is 12.6. The van der Waals surface area contributed by atoms with Gasteiger partial charge in [-0.05, 0) is 44.9 Å². The number of rotatable bonds is 40. The van der Waals surface area contributed by atoms with Crippen molar-refractivity contribution in [2.75, 3.05) is 6.61 Å². The summed E-state index contributed by atoms with van der Waals surface area (Å²) < 4.78 is 15.9. The molecule has 0 aromatic rings. The number of hydrogen-bond donors (Lipinski definition) is 4. The average Bonchev–Trinajstić information content (AvgIpc) is 3.10. The normalized spacial score (nSPS) is 13.4. The summed E-state index contributed by atoms with van der Waals surface area (Å²) >= 11 is 0. The zero-order valence-corrected chi connectivity index (χ0v) is 34.4. The number of carbonyl (C=O) groups excluding carboxylic acids is 1. The summed E-state index contributed by atoms with van der Waals surface area (Å²) in [6.45, 7) is 4.07. The van der Waals surface area contributed by atoms with Gasteiger partial charge in [0.2, 0.25) is 5.91 Å². The first kappa shape index (κ1) is 50.0. The van der Waals surface area contributed by atoms with Gasteiger partial charge in [-0.25, -0.2) is 4.57 Å². The first-order valence-corrected chi connectivity index (χ1v) is 23.3. The van der Waals surface area contributed by atoms with E-state index in [4.69, 9.17) is 9.79 Å². The third kappa shape index (κ3) is 40.0. The average molecular weight is 742 g/mol. The van der Waals surface area contributed by atoms with Crippen molar-refractivity contribution < 1.29 is 28.8 Å². The Hall–Kier alpha value is -0.980. The van der Waals surface area contributed by atoms with Crippen LogP contribution in [0.3, 0.4) is 0 Å². The number of phosphoric acid groups is 1. The topological polar surface area (TPSA) is 116 Å². The number of hydrogen-bond acceptors (Lipinski definition) is 4. The molecule has 0 bridgehead atoms. The zero-order chi connectivity index (χ0) is 37.5. The Kier molecular flexibility index (Phi) is 38.0. The first-order valence-electron chi connectivity index (χ1n) is 21.8. The van der Waals surface area contributed by atoms with Gasteiger partial charge in [-0.15, -0.1) is 0 Å². The van der Waals surface area contributed by atoms with E-state index in [0.717, 1.165) is 38.5 Å². The fourth-order valence-electron chi connectivity index (χ4n) is 6.57. The minimum Gasteiger partial charge on any atom is -0.387 e. The summed E-state index contributed by atoms with van der Waals surface area (Å²) in [5.74, 6) is -0.226. The maximum Gasteiger partial charge on any atom is 0.469 e. The number of allylic oxidation sites excluding steroid dienone is 3. The van der Waals surface area contributed by atoms with Crippen molar-refractivity contribution in [3.63, 3.8) is 0 Å². The smallest absolute Gasteiger partial charge is 0.387 e. The molecule has 0 heterocycles. The van der Waals surface area contributed by atoms with E-state index in [0.29, 0.717) is 6.42 Å². The molecule has 0 aliphatic carbocycles. The highest BCUT2D eigenvalue weighted by Crippen LogP contribution is 2.35. The third-order valence-corrected chi connectivity index (χ3v) is 10.4. The van der Waals surface area contributed by atoms with Crippen LogP contribution in [0.1, 0.15) is 226 Å². The van der Waals surface area contributed by atoms with Crippen molar-refractivity contribution in [1.29, 1.82) is 0 Å². The van der Waals surface area contributed by atoms with E-state index < -0.39 is 26.6 Å². The molecule has 7 nitrogen and oxygen atoms in total. The molecule has 0 aromatic carbocycles. The highest BCUT2D eigenvalue weighted by Gasteiger charge is 2.24. The van der Waals surface area contributed by atoms with Crippen LogP contribution in [-0.2, 0) is 13.9 Å². The molecule has 1 amide bonds. The van der Waals surface area contributed by atoms with E-state index in [1.54, 1.807) is 6.08 Å². The lowest BCUT2D eigenvalue weighted by Gasteiger charge is -2.22. The lowest BCUT2D eigenvalue weighted by molar-refractivity contribution is -0.123. The van der Waals surface area contributed by atoms with Crippen LogP contribution in [0.15, 0.2) is 24.3 Å². The number of carbonyl (C=O) groups is 1. The molecular weight excluding hydrogens is 657 g/mol. The zero-order valence-electron chi connectivity index (χ0n) is 33.5. The number of amides is 1. The van der Waals surface area contributed by atoms with Crippen molar-refractivity contribution in [3.8, 4) is 0 Å². The Labute approximate surface area is 315 Å². The molecule has 8 heteroatoms. The number of phosphoric ester groups is 1. The monoisotopic (exact) mass is 742 g/mol. The predicted octanol–water partition coefficient (Wildman–Crippen LogP) is 13.0. The Morgan fingerprint density at radius 2 is 0.882 bits per heavy atom. The molecule has 0 saturated carbocycles. The van der Waals surface area contributed by atoms with E-state index in [2.05, 4.69) is 35.8 Å². The number of aliphatic hydroxyl groups excluding tert-OH is 1. The van der Waals surface area contributed by atoms with Gasteiger partial charge in [0, 0.05) is 6.42 Å². The molecule has 302 valence electrons. The first-order chi connectivity index (χ1) is 24.8. The lowest BCUT2D eigenvalue weighted by Crippen LogP contribution is -2.45. The molecule has 2 atom stereocenters. The maximum absolute atomic E-state index is 12.6. The van der Waals surface area contributed by atoms with Gasteiger partial charge in [-0.2, -0.15) is 0 Å². The summed E-state index contributed by atoms with van der Waals surface area (Å²) in [6, 6.07) is -0.907. The van der Waals surface area contributed by atoms with Crippen LogP contribution in [0.5, 0.6) is 0 Å². The van der Waals surface area contributed by atoms with Crippen LogP contribution in [0.25, 0.3) is 0 Å². The Morgan fingerprint density at radius 3 is 1.25 bits per heavy atom. The molecule has 0 aliphatic heterocycles. The van der Waals surface area contributed by atoms with Crippen molar-refractivity contribution in [1.82, 2.24) is 5.32 Å². The third-order valence-electron chi connectivity index (χ3n) is 9.90. The Morgan fingerprint density at radius 1 is 0.549 bits per heavy atom. The second-order valence-corrected chi connectivity index (χ2v) is 16.3. The number of unbranched alkanes of at least 4 members (excludes halogenated alkanes) is 29. The molecule has 0 saturated heterocycles. The quantitative estimate of drug-likeness (QED) is 0.0282. The highest BCUT2D eigenvalue weighted by molar-refractivity contribution is 7.46. The largest absolute Gasteiger partial charge is 0.469 e. The summed E-state index contributed by atoms with van der Waals surface area (Å²) in [4.78, 5) is 30.9. The molecule has 0 aliphatic rings. The SMILES string of the molecule is CCCCCCCC/C=C\CCCCCCCCCCCCCCCC(=O)N[C@@H](COP(=O)(O)O)[C@H](O)/C=C/CCCCCCCCCCCC. The minimum atomic E-state index is -4.71. The molecule has 0 rings (SSSR count). The van der Waals surface area contributed by atoms with Gasteiger partial charge < -0.3 is 20.2 Å². The van der Waals surface area contributed by atoms with Crippen LogP contribution < -0.4 is 5.32 Å². The van der Waals surface area contributed by atoms with Crippen molar-refractivity contribution >= 4 is 13.7 Å². The summed E-state index contributed by atoms with van der Waals surface area (Å²) in [6.07, 6.45) is 47.8. The van der Waals surface area contributed by atoms with Gasteiger partial charge in [-0.1, -0.05) is 199 Å². The van der Waals surface area contributed by atoms with Crippen LogP contribution in [0.2, 0.25) is 0 Å². The lowest BCUT2D eigenvalue weighted by atomic mass is 10.0. The van der Waals surface area contributed by atoms with Crippen LogP contribution >= 0.6 is 7.82 Å². The van der Waals surface area contributed by atoms with Gasteiger partial charge in [-0.3, -0.25) is 9.32 Å². The molecule has 0 radical (unpaired) electrons. The number of aliphatic hydroxyl groups is 1. The second kappa shape index (κ2) is 38.7. The van der Waals surface area contributed by atoms with E-state index in [1.807, 2.05) is 6.08 Å². The van der Waals surface area contributed by atoms with Gasteiger partial charge in [0.05, 0.1) is 18.8 Å². The van der Waals surface area contributed by atoms with Crippen LogP contribution in [0.4, 0.5) is 0 Å². The summed E-state index contributed by atoms with van der Waals surface area (Å²) in [5, 5.41) is 13.4. The molecule has 0 unspecified atom stereocenters.